The van der Waals surface area contributed by atoms with Gasteiger partial charge in [0.05, 0.1) is 0 Å². The van der Waals surface area contributed by atoms with E-state index in [1.165, 1.54) is 11.1 Å². The van der Waals surface area contributed by atoms with E-state index in [-0.39, 0.29) is 0 Å². The van der Waals surface area contributed by atoms with E-state index in [0.717, 1.165) is 47.2 Å². The highest BCUT2D eigenvalue weighted by Crippen LogP contribution is 2.28. The second-order valence-corrected chi connectivity index (χ2v) is 7.90. The topological polar surface area (TPSA) is 43.6 Å². The monoisotopic (exact) mass is 400 g/mol. The minimum Gasteiger partial charge on any atom is -0.270 e. The van der Waals surface area contributed by atoms with Gasteiger partial charge in [-0.25, -0.2) is 0 Å². The number of pyridine rings is 1. The largest absolute Gasteiger partial charge is 0.270 e. The summed E-state index contributed by atoms with van der Waals surface area (Å²) in [4.78, 5) is 4.13. The molecule has 4 rings (SSSR count). The normalized spacial score (nSPS) is 10.9. The average molecular weight is 401 g/mol. The van der Waals surface area contributed by atoms with Crippen LogP contribution in [0.3, 0.4) is 0 Å². The molecule has 2 heterocycles. The third-order valence-corrected chi connectivity index (χ3v) is 5.87. The predicted octanol–water partition coefficient (Wildman–Crippen LogP) is 5.62. The van der Waals surface area contributed by atoms with E-state index in [1.807, 2.05) is 12.1 Å². The molecule has 0 amide bonds. The first-order valence-corrected chi connectivity index (χ1v) is 11.0. The van der Waals surface area contributed by atoms with Crippen molar-refractivity contribution in [1.29, 1.82) is 0 Å². The summed E-state index contributed by atoms with van der Waals surface area (Å²) < 4.78 is 2.15. The summed E-state index contributed by atoms with van der Waals surface area (Å²) in [5.74, 6) is 1.85. The average Bonchev–Trinajstić information content (AvgIpc) is 3.22. The Hall–Kier alpha value is -2.92. The zero-order valence-corrected chi connectivity index (χ0v) is 17.3. The molecule has 2 aromatic carbocycles. The van der Waals surface area contributed by atoms with Crippen LogP contribution in [0.2, 0.25) is 0 Å². The molecule has 4 aromatic rings. The number of aromatic nitrogens is 4. The van der Waals surface area contributed by atoms with Crippen molar-refractivity contribution in [2.24, 2.45) is 0 Å². The molecule has 0 unspecified atom stereocenters. The molecule has 0 saturated heterocycles. The molecule has 0 spiro atoms. The third-order valence-electron chi connectivity index (χ3n) is 4.86. The maximum atomic E-state index is 4.51. The van der Waals surface area contributed by atoms with Gasteiger partial charge in [-0.15, -0.1) is 10.2 Å². The van der Waals surface area contributed by atoms with Gasteiger partial charge in [0.1, 0.15) is 0 Å². The van der Waals surface area contributed by atoms with Crippen LogP contribution >= 0.6 is 11.8 Å². The molecule has 0 bridgehead atoms. The fourth-order valence-electron chi connectivity index (χ4n) is 3.25. The third kappa shape index (κ3) is 4.74. The van der Waals surface area contributed by atoms with Gasteiger partial charge in [-0.1, -0.05) is 61.2 Å². The predicted molar refractivity (Wildman–Crippen MR) is 119 cm³/mol. The van der Waals surface area contributed by atoms with E-state index in [1.54, 1.807) is 24.2 Å². The van der Waals surface area contributed by atoms with Crippen LogP contribution in [0.25, 0.3) is 17.1 Å². The van der Waals surface area contributed by atoms with Crippen LogP contribution in [0.15, 0.2) is 84.3 Å². The van der Waals surface area contributed by atoms with Gasteiger partial charge in [0.15, 0.2) is 11.0 Å². The molecule has 0 aliphatic heterocycles. The highest BCUT2D eigenvalue weighted by Gasteiger charge is 2.16. The molecule has 2 aromatic heterocycles. The molecule has 0 radical (unpaired) electrons. The van der Waals surface area contributed by atoms with E-state index < -0.39 is 0 Å². The molecule has 4 nitrogen and oxygen atoms in total. The molecule has 5 heteroatoms. The second-order valence-electron chi connectivity index (χ2n) is 6.84. The summed E-state index contributed by atoms with van der Waals surface area (Å²) in [5, 5.41) is 9.94. The fraction of sp³-hybridized carbons (Fsp3) is 0.208. The number of aryl methyl sites for hydroxylation is 2. The zero-order valence-electron chi connectivity index (χ0n) is 16.5. The molecule has 0 fully saturated rings. The van der Waals surface area contributed by atoms with Crippen LogP contribution in [0.1, 0.15) is 24.5 Å². The minimum atomic E-state index is 0.849. The first-order valence-electron chi connectivity index (χ1n) is 9.97. The van der Waals surface area contributed by atoms with Gasteiger partial charge in [-0.3, -0.25) is 9.55 Å². The molecule has 0 atom stereocenters. The van der Waals surface area contributed by atoms with Crippen LogP contribution in [0.5, 0.6) is 0 Å². The summed E-state index contributed by atoms with van der Waals surface area (Å²) in [6.07, 6.45) is 6.79. The smallest absolute Gasteiger partial charge is 0.196 e. The second kappa shape index (κ2) is 9.52. The summed E-state index contributed by atoms with van der Waals surface area (Å²) in [5.41, 5.74) is 4.80. The number of benzene rings is 2. The van der Waals surface area contributed by atoms with Crippen molar-refractivity contribution in [3.05, 3.63) is 90.3 Å². The lowest BCUT2D eigenvalue weighted by atomic mass is 10.1. The van der Waals surface area contributed by atoms with Crippen molar-refractivity contribution in [2.75, 3.05) is 5.75 Å². The van der Waals surface area contributed by atoms with Gasteiger partial charge >= 0.3 is 0 Å². The summed E-state index contributed by atoms with van der Waals surface area (Å²) in [6.45, 7) is 2.17. The van der Waals surface area contributed by atoms with E-state index in [4.69, 9.17) is 0 Å². The van der Waals surface area contributed by atoms with Crippen molar-refractivity contribution in [3.8, 4) is 17.1 Å². The highest BCUT2D eigenvalue weighted by molar-refractivity contribution is 7.99. The molecule has 0 saturated carbocycles. The van der Waals surface area contributed by atoms with E-state index >= 15 is 0 Å². The van der Waals surface area contributed by atoms with Crippen molar-refractivity contribution in [3.63, 3.8) is 0 Å². The molecule has 0 aliphatic carbocycles. The van der Waals surface area contributed by atoms with Crippen molar-refractivity contribution in [2.45, 2.75) is 31.3 Å². The standard InChI is InChI=1S/C24H24N4S/c1-2-19-10-12-22(13-11-19)28-23(21-14-16-25-17-15-21)26-27-24(28)29-18-6-9-20-7-4-3-5-8-20/h3-5,7-8,10-17H,2,6,9,18H2,1H3. The Kier molecular flexibility index (Phi) is 6.37. The van der Waals surface area contributed by atoms with Crippen LogP contribution < -0.4 is 0 Å². The van der Waals surface area contributed by atoms with Crippen molar-refractivity contribution < 1.29 is 0 Å². The lowest BCUT2D eigenvalue weighted by Gasteiger charge is -2.11. The number of rotatable bonds is 8. The Morgan fingerprint density at radius 3 is 2.31 bits per heavy atom. The Morgan fingerprint density at radius 2 is 1.59 bits per heavy atom. The maximum absolute atomic E-state index is 4.51. The molecule has 0 aliphatic rings. The SMILES string of the molecule is CCc1ccc(-n2c(SCCCc3ccccc3)nnc2-c2ccncc2)cc1. The Morgan fingerprint density at radius 1 is 0.828 bits per heavy atom. The molecule has 146 valence electrons. The summed E-state index contributed by atoms with van der Waals surface area (Å²) in [7, 11) is 0. The van der Waals surface area contributed by atoms with Crippen LogP contribution in [0, 0.1) is 0 Å². The first kappa shape index (κ1) is 19.4. The van der Waals surface area contributed by atoms with Gasteiger partial charge in [0.25, 0.3) is 0 Å². The number of hydrogen-bond acceptors (Lipinski definition) is 4. The van der Waals surface area contributed by atoms with Gasteiger partial charge < -0.3 is 0 Å². The fourth-order valence-corrected chi connectivity index (χ4v) is 4.14. The van der Waals surface area contributed by atoms with Gasteiger partial charge in [-0.2, -0.15) is 0 Å². The number of nitrogens with zero attached hydrogens (tertiary/aromatic N) is 4. The van der Waals surface area contributed by atoms with Crippen LogP contribution in [-0.4, -0.2) is 25.5 Å². The lowest BCUT2D eigenvalue weighted by Crippen LogP contribution is -2.00. The molecule has 29 heavy (non-hydrogen) atoms. The Balaban J connectivity index is 1.57. The summed E-state index contributed by atoms with van der Waals surface area (Å²) >= 11 is 1.76. The number of thioether (sulfide) groups is 1. The Bertz CT molecular complexity index is 1030. The van der Waals surface area contributed by atoms with E-state index in [0.29, 0.717) is 0 Å². The van der Waals surface area contributed by atoms with Gasteiger partial charge in [-0.05, 0) is 54.7 Å². The maximum Gasteiger partial charge on any atom is 0.196 e. The Labute approximate surface area is 176 Å². The minimum absolute atomic E-state index is 0.849. The molecular weight excluding hydrogens is 376 g/mol. The van der Waals surface area contributed by atoms with E-state index in [2.05, 4.69) is 81.3 Å². The molecule has 0 N–H and O–H groups in total. The van der Waals surface area contributed by atoms with Crippen molar-refractivity contribution >= 4 is 11.8 Å². The van der Waals surface area contributed by atoms with E-state index in [9.17, 15) is 0 Å². The lowest BCUT2D eigenvalue weighted by molar-refractivity contribution is 0.874. The first-order chi connectivity index (χ1) is 14.3. The molecular formula is C24H24N4S. The highest BCUT2D eigenvalue weighted by atomic mass is 32.2. The van der Waals surface area contributed by atoms with Gasteiger partial charge in [0, 0.05) is 29.4 Å². The zero-order chi connectivity index (χ0) is 19.9. The number of hydrogen-bond donors (Lipinski definition) is 0. The quantitative estimate of drug-likeness (QED) is 0.284. The summed E-state index contributed by atoms with van der Waals surface area (Å²) in [6, 6.07) is 23.2. The van der Waals surface area contributed by atoms with Crippen molar-refractivity contribution in [1.82, 2.24) is 19.7 Å². The van der Waals surface area contributed by atoms with Crippen LogP contribution in [0.4, 0.5) is 0 Å². The van der Waals surface area contributed by atoms with Crippen LogP contribution in [-0.2, 0) is 12.8 Å². The van der Waals surface area contributed by atoms with Gasteiger partial charge in [0.2, 0.25) is 0 Å².